The number of ether oxygens (including phenoxy) is 1. The number of carbonyl (C=O) groups excluding carboxylic acids is 2. The number of benzene rings is 3. The van der Waals surface area contributed by atoms with Gasteiger partial charge in [-0.25, -0.2) is 9.59 Å². The van der Waals surface area contributed by atoms with E-state index in [4.69, 9.17) is 9.16 Å². The summed E-state index contributed by atoms with van der Waals surface area (Å²) in [4.78, 5) is 55.0. The summed E-state index contributed by atoms with van der Waals surface area (Å²) < 4.78 is 12.4. The summed E-state index contributed by atoms with van der Waals surface area (Å²) >= 11 is 0. The number of nitrogens with one attached hydrogen (secondary N) is 4. The number of carboxylic acid groups (broad SMARTS) is 1. The number of hydrogen-bond donors (Lipinski definition) is 6. The van der Waals surface area contributed by atoms with Crippen LogP contribution in [0.2, 0.25) is 18.1 Å². The Morgan fingerprint density at radius 2 is 1.59 bits per heavy atom. The molecule has 1 atom stereocenters. The summed E-state index contributed by atoms with van der Waals surface area (Å²) in [6.07, 6.45) is 4.06. The lowest BCUT2D eigenvalue weighted by atomic mass is 9.80. The zero-order valence-corrected chi connectivity index (χ0v) is 39.9. The molecule has 2 saturated carbocycles. The fraction of sp³-hybridized carbons (Fsp3) is 0.520. The van der Waals surface area contributed by atoms with Crippen LogP contribution in [0.3, 0.4) is 0 Å². The molecular weight excluding hydrogens is 827 g/mol. The van der Waals surface area contributed by atoms with Crippen molar-refractivity contribution in [3.8, 4) is 16.9 Å². The van der Waals surface area contributed by atoms with Gasteiger partial charge in [0.25, 0.3) is 0 Å². The highest BCUT2D eigenvalue weighted by Crippen LogP contribution is 2.42. The Kier molecular flexibility index (Phi) is 15.3. The van der Waals surface area contributed by atoms with Crippen molar-refractivity contribution in [2.75, 3.05) is 18.0 Å². The van der Waals surface area contributed by atoms with Gasteiger partial charge in [-0.15, -0.1) is 0 Å². The molecule has 2 aliphatic carbocycles. The van der Waals surface area contributed by atoms with Crippen LogP contribution < -0.4 is 26.4 Å². The van der Waals surface area contributed by atoms with Crippen LogP contribution in [0.1, 0.15) is 110 Å². The number of amides is 3. The third-order valence-electron chi connectivity index (χ3n) is 13.1. The lowest BCUT2D eigenvalue weighted by molar-refractivity contribution is -0.122. The summed E-state index contributed by atoms with van der Waals surface area (Å²) in [5.74, 6) is 0.442. The molecule has 346 valence electrons. The monoisotopic (exact) mass is 895 g/mol. The molecule has 13 nitrogen and oxygen atoms in total. The van der Waals surface area contributed by atoms with E-state index in [0.717, 1.165) is 47.0 Å². The number of alkyl carbamates (subject to hydrolysis) is 1. The zero-order valence-electron chi connectivity index (χ0n) is 38.9. The van der Waals surface area contributed by atoms with Crippen LogP contribution in [0.4, 0.5) is 15.3 Å². The Balaban J connectivity index is 1.01. The van der Waals surface area contributed by atoms with Crippen molar-refractivity contribution in [2.45, 2.75) is 147 Å². The smallest absolute Gasteiger partial charge is 0.412 e. The fourth-order valence-corrected chi connectivity index (χ4v) is 9.96. The number of anilines is 1. The van der Waals surface area contributed by atoms with E-state index in [0.29, 0.717) is 68.6 Å². The average molecular weight is 896 g/mol. The first kappa shape index (κ1) is 48.3. The normalized spacial score (nSPS) is 19.6. The van der Waals surface area contributed by atoms with Crippen LogP contribution in [-0.2, 0) is 20.4 Å². The molecular formula is C50H69N5O8Si. The van der Waals surface area contributed by atoms with Gasteiger partial charge in [-0.1, -0.05) is 69.3 Å². The Labute approximate surface area is 378 Å². The number of nitrogens with zero attached hydrogens (tertiary/aromatic N) is 1. The van der Waals surface area contributed by atoms with Crippen molar-refractivity contribution >= 4 is 43.0 Å². The minimum atomic E-state index is -2.21. The second kappa shape index (κ2) is 20.3. The number of aromatic amines is 1. The molecule has 0 radical (unpaired) electrons. The second-order valence-electron chi connectivity index (χ2n) is 20.3. The van der Waals surface area contributed by atoms with Crippen LogP contribution in [0.25, 0.3) is 22.0 Å². The Morgan fingerprint density at radius 3 is 2.25 bits per heavy atom. The number of hydrogen-bond acceptors (Lipinski definition) is 8. The molecule has 6 rings (SSSR count). The Morgan fingerprint density at radius 1 is 0.891 bits per heavy atom. The molecule has 3 aromatic carbocycles. The van der Waals surface area contributed by atoms with E-state index < -0.39 is 26.1 Å². The molecule has 0 spiro atoms. The van der Waals surface area contributed by atoms with E-state index in [1.165, 1.54) is 11.0 Å². The molecule has 0 unspecified atom stereocenters. The van der Waals surface area contributed by atoms with Crippen LogP contribution >= 0.6 is 0 Å². The van der Waals surface area contributed by atoms with Crippen molar-refractivity contribution < 1.29 is 33.8 Å². The van der Waals surface area contributed by atoms with Gasteiger partial charge < -0.3 is 40.3 Å². The highest BCUT2D eigenvalue weighted by Gasteiger charge is 2.40. The average Bonchev–Trinajstić information content (AvgIpc) is 3.19. The van der Waals surface area contributed by atoms with Gasteiger partial charge >= 0.3 is 12.2 Å². The third-order valence-corrected chi connectivity index (χ3v) is 17.6. The number of rotatable bonds is 16. The number of aromatic nitrogens is 1. The summed E-state index contributed by atoms with van der Waals surface area (Å²) in [5, 5.41) is 31.7. The fourth-order valence-electron chi connectivity index (χ4n) is 8.68. The van der Waals surface area contributed by atoms with E-state index >= 15 is 0 Å². The van der Waals surface area contributed by atoms with Crippen molar-refractivity contribution in [3.63, 3.8) is 0 Å². The number of aromatic hydroxyl groups is 1. The molecule has 3 amide bonds. The van der Waals surface area contributed by atoms with Gasteiger partial charge in [0, 0.05) is 48.1 Å². The van der Waals surface area contributed by atoms with Crippen LogP contribution in [0.5, 0.6) is 5.75 Å². The lowest BCUT2D eigenvalue weighted by Gasteiger charge is -2.40. The first-order valence-corrected chi connectivity index (χ1v) is 25.8. The third kappa shape index (κ3) is 12.5. The SMILES string of the molecule is CC(C)(C)OC(=O)NC1CCC(N(C(=O)O)c2cc(CCCC(=O)N[C@H]3C[C@H](CNC[C@H](O[Si](C)(C)C(C)(C)C)c4ccc(O)c5[nH]c(=O)ccc45)C3)ccc2-c2ccccc2)CC1. The van der Waals surface area contributed by atoms with Crippen LogP contribution in [-0.4, -0.2) is 78.4 Å². The first-order chi connectivity index (χ1) is 30.2. The minimum Gasteiger partial charge on any atom is -0.506 e. The van der Waals surface area contributed by atoms with E-state index in [-0.39, 0.29) is 46.5 Å². The molecule has 14 heteroatoms. The number of phenolic OH excluding ortho intramolecular Hbond substituents is 1. The topological polar surface area (TPSA) is 182 Å². The van der Waals surface area contributed by atoms with Crippen LogP contribution in [0.15, 0.2) is 77.6 Å². The number of carbonyl (C=O) groups is 3. The van der Waals surface area contributed by atoms with Gasteiger partial charge in [0.15, 0.2) is 8.32 Å². The molecule has 0 saturated heterocycles. The predicted octanol–water partition coefficient (Wildman–Crippen LogP) is 9.79. The molecule has 0 bridgehead atoms. The molecule has 2 aliphatic rings. The second-order valence-corrected chi connectivity index (χ2v) is 25.0. The predicted molar refractivity (Wildman–Crippen MR) is 256 cm³/mol. The Hall–Kier alpha value is -5.18. The number of H-pyrrole nitrogens is 1. The van der Waals surface area contributed by atoms with Crippen molar-refractivity contribution in [1.29, 1.82) is 0 Å². The maximum Gasteiger partial charge on any atom is 0.412 e. The minimum absolute atomic E-state index is 0.0153. The maximum absolute atomic E-state index is 13.1. The van der Waals surface area contributed by atoms with Gasteiger partial charge in [-0.05, 0) is 138 Å². The van der Waals surface area contributed by atoms with Crippen molar-refractivity contribution in [1.82, 2.24) is 20.9 Å². The molecule has 1 aromatic heterocycles. The summed E-state index contributed by atoms with van der Waals surface area (Å²) in [6, 6.07) is 22.3. The van der Waals surface area contributed by atoms with Gasteiger partial charge in [-0.3, -0.25) is 14.5 Å². The molecule has 1 heterocycles. The van der Waals surface area contributed by atoms with E-state index in [1.807, 2.05) is 75.4 Å². The lowest BCUT2D eigenvalue weighted by Crippen LogP contribution is -2.48. The molecule has 2 fully saturated rings. The molecule has 0 aliphatic heterocycles. The standard InChI is InChI=1S/C50H69N5O8Si/c1-49(2,3)62-47(59)53-35-18-20-37(21-19-35)55(48(60)61)41-29-32(17-22-38(41)34-14-10-9-11-15-34)13-12-16-44(57)52-36-27-33(28-36)30-51-31-43(63-64(7,8)50(4,5)6)39-23-25-42(56)46-40(39)24-26-45(58)54-46/h9-11,14-15,17,22-26,29,33,35-37,43,51,56H,12-13,16,18-21,27-28,30-31H2,1-8H3,(H,52,57)(H,53,59)(H,54,58)(H,60,61)/t33-,35?,36-,37?,43-/m0/s1. The van der Waals surface area contributed by atoms with Crippen molar-refractivity contribution in [3.05, 3.63) is 94.3 Å². The van der Waals surface area contributed by atoms with Gasteiger partial charge in [0.05, 0.1) is 17.3 Å². The quantitative estimate of drug-likeness (QED) is 0.0597. The van der Waals surface area contributed by atoms with Crippen LogP contribution in [0, 0.1) is 5.92 Å². The number of phenols is 1. The molecule has 64 heavy (non-hydrogen) atoms. The zero-order chi connectivity index (χ0) is 46.4. The number of pyridine rings is 1. The van der Waals surface area contributed by atoms with E-state index in [1.54, 1.807) is 12.1 Å². The highest BCUT2D eigenvalue weighted by molar-refractivity contribution is 6.74. The summed E-state index contributed by atoms with van der Waals surface area (Å²) in [5.41, 5.74) is 3.79. The maximum atomic E-state index is 13.1. The molecule has 6 N–H and O–H groups in total. The first-order valence-electron chi connectivity index (χ1n) is 22.9. The van der Waals surface area contributed by atoms with E-state index in [2.05, 4.69) is 54.8 Å². The van der Waals surface area contributed by atoms with Gasteiger partial charge in [-0.2, -0.15) is 0 Å². The summed E-state index contributed by atoms with van der Waals surface area (Å²) in [6.45, 7) is 17.9. The summed E-state index contributed by atoms with van der Waals surface area (Å²) in [7, 11) is -2.21. The number of aryl methyl sites for hydroxylation is 1. The van der Waals surface area contributed by atoms with E-state index in [9.17, 15) is 29.4 Å². The van der Waals surface area contributed by atoms with Gasteiger partial charge in [0.2, 0.25) is 11.5 Å². The molecule has 4 aromatic rings. The Bertz CT molecular complexity index is 2310. The highest BCUT2D eigenvalue weighted by atomic mass is 28.4. The van der Waals surface area contributed by atoms with Crippen molar-refractivity contribution in [2.24, 2.45) is 5.92 Å². The largest absolute Gasteiger partial charge is 0.506 e. The number of fused-ring (bicyclic) bond motifs is 1. The van der Waals surface area contributed by atoms with Gasteiger partial charge in [0.1, 0.15) is 11.4 Å².